The molecule has 23 heavy (non-hydrogen) atoms. The standard InChI is InChI=1S/C17H32N2O3S/c1-13-15(7-12-23-13)18-8-11-21-14-5-9-19(10-6-14)16(20)22-17(2,3)4/h13-15,18H,5-12H2,1-4H3. The molecule has 2 aliphatic rings. The van der Waals surface area contributed by atoms with Crippen molar-refractivity contribution in [3.63, 3.8) is 0 Å². The Labute approximate surface area is 144 Å². The van der Waals surface area contributed by atoms with E-state index in [1.807, 2.05) is 32.5 Å². The highest BCUT2D eigenvalue weighted by Crippen LogP contribution is 2.25. The third kappa shape index (κ3) is 6.51. The van der Waals surface area contributed by atoms with E-state index in [0.29, 0.717) is 11.3 Å². The fraction of sp³-hybridized carbons (Fsp3) is 0.941. The van der Waals surface area contributed by atoms with Crippen LogP contribution in [0.5, 0.6) is 0 Å². The van der Waals surface area contributed by atoms with E-state index in [9.17, 15) is 4.79 Å². The van der Waals surface area contributed by atoms with Crippen molar-refractivity contribution in [2.45, 2.75) is 70.0 Å². The first-order chi connectivity index (χ1) is 10.8. The molecule has 0 aliphatic carbocycles. The van der Waals surface area contributed by atoms with E-state index in [2.05, 4.69) is 12.2 Å². The molecule has 0 aromatic rings. The van der Waals surface area contributed by atoms with Gasteiger partial charge in [0.15, 0.2) is 0 Å². The zero-order valence-electron chi connectivity index (χ0n) is 15.0. The number of hydrogen-bond donors (Lipinski definition) is 1. The van der Waals surface area contributed by atoms with Crippen molar-refractivity contribution in [2.24, 2.45) is 0 Å². The maximum Gasteiger partial charge on any atom is 0.410 e. The molecule has 2 unspecified atom stereocenters. The first-order valence-corrected chi connectivity index (χ1v) is 9.84. The Bertz CT molecular complexity index is 379. The van der Waals surface area contributed by atoms with Gasteiger partial charge in [-0.25, -0.2) is 4.79 Å². The lowest BCUT2D eigenvalue weighted by Crippen LogP contribution is -2.44. The second kappa shape index (κ2) is 8.58. The minimum atomic E-state index is -0.425. The van der Waals surface area contributed by atoms with Crippen LogP contribution >= 0.6 is 11.8 Å². The molecule has 2 atom stereocenters. The minimum absolute atomic E-state index is 0.203. The summed E-state index contributed by atoms with van der Waals surface area (Å²) in [5.74, 6) is 1.27. The van der Waals surface area contributed by atoms with Gasteiger partial charge >= 0.3 is 6.09 Å². The van der Waals surface area contributed by atoms with Crippen LogP contribution in [-0.4, -0.2) is 66.0 Å². The molecular formula is C17H32N2O3S. The highest BCUT2D eigenvalue weighted by molar-refractivity contribution is 8.00. The Morgan fingerprint density at radius 2 is 1.96 bits per heavy atom. The number of piperidine rings is 1. The van der Waals surface area contributed by atoms with Crippen LogP contribution in [0.3, 0.4) is 0 Å². The number of likely N-dealkylation sites (tertiary alicyclic amines) is 1. The first kappa shape index (κ1) is 18.9. The summed E-state index contributed by atoms with van der Waals surface area (Å²) in [5, 5.41) is 4.31. The van der Waals surface area contributed by atoms with E-state index in [0.717, 1.165) is 39.1 Å². The van der Waals surface area contributed by atoms with Gasteiger partial charge in [-0.05, 0) is 45.8 Å². The van der Waals surface area contributed by atoms with Crippen LogP contribution in [0.25, 0.3) is 0 Å². The predicted molar refractivity (Wildman–Crippen MR) is 95.1 cm³/mol. The van der Waals surface area contributed by atoms with Crippen LogP contribution < -0.4 is 5.32 Å². The summed E-state index contributed by atoms with van der Waals surface area (Å²) in [6.45, 7) is 11.1. The highest BCUT2D eigenvalue weighted by Gasteiger charge is 2.27. The monoisotopic (exact) mass is 344 g/mol. The summed E-state index contributed by atoms with van der Waals surface area (Å²) < 4.78 is 11.4. The van der Waals surface area contributed by atoms with Crippen LogP contribution in [0.4, 0.5) is 4.79 Å². The molecule has 1 amide bonds. The number of amides is 1. The maximum absolute atomic E-state index is 12.0. The number of carbonyl (C=O) groups excluding carboxylic acids is 1. The highest BCUT2D eigenvalue weighted by atomic mass is 32.2. The van der Waals surface area contributed by atoms with Crippen LogP contribution in [-0.2, 0) is 9.47 Å². The van der Waals surface area contributed by atoms with Gasteiger partial charge in [0.25, 0.3) is 0 Å². The SMILES string of the molecule is CC1SCCC1NCCOC1CCN(C(=O)OC(C)(C)C)CC1. The largest absolute Gasteiger partial charge is 0.444 e. The number of hydrogen-bond acceptors (Lipinski definition) is 5. The summed E-state index contributed by atoms with van der Waals surface area (Å²) in [7, 11) is 0. The molecule has 1 N–H and O–H groups in total. The van der Waals surface area contributed by atoms with Gasteiger partial charge in [-0.3, -0.25) is 0 Å². The van der Waals surface area contributed by atoms with Crippen molar-refractivity contribution < 1.29 is 14.3 Å². The molecule has 2 fully saturated rings. The minimum Gasteiger partial charge on any atom is -0.444 e. The molecule has 0 bridgehead atoms. The van der Waals surface area contributed by atoms with Crippen LogP contribution in [0.1, 0.15) is 47.0 Å². The molecule has 5 nitrogen and oxygen atoms in total. The number of ether oxygens (including phenoxy) is 2. The topological polar surface area (TPSA) is 50.8 Å². The molecule has 0 spiro atoms. The van der Waals surface area contributed by atoms with Gasteiger partial charge in [-0.1, -0.05) is 6.92 Å². The molecule has 134 valence electrons. The third-order valence-corrected chi connectivity index (χ3v) is 5.66. The summed E-state index contributed by atoms with van der Waals surface area (Å²) in [4.78, 5) is 13.8. The van der Waals surface area contributed by atoms with Crippen LogP contribution in [0, 0.1) is 0 Å². The number of nitrogens with zero attached hydrogens (tertiary/aromatic N) is 1. The zero-order valence-corrected chi connectivity index (χ0v) is 15.8. The van der Waals surface area contributed by atoms with E-state index in [4.69, 9.17) is 9.47 Å². The average molecular weight is 345 g/mol. The van der Waals surface area contributed by atoms with Crippen molar-refractivity contribution in [1.29, 1.82) is 0 Å². The Hall–Kier alpha value is -0.460. The van der Waals surface area contributed by atoms with Gasteiger partial charge in [0, 0.05) is 30.9 Å². The fourth-order valence-electron chi connectivity index (χ4n) is 3.00. The van der Waals surface area contributed by atoms with E-state index < -0.39 is 5.60 Å². The molecule has 0 aromatic carbocycles. The van der Waals surface area contributed by atoms with Crippen LogP contribution in [0.2, 0.25) is 0 Å². The smallest absolute Gasteiger partial charge is 0.410 e. The Morgan fingerprint density at radius 1 is 1.26 bits per heavy atom. The van der Waals surface area contributed by atoms with Gasteiger partial charge in [0.05, 0.1) is 12.7 Å². The summed E-state index contributed by atoms with van der Waals surface area (Å²) in [6.07, 6.45) is 3.13. The predicted octanol–water partition coefficient (Wildman–Crippen LogP) is 2.89. The van der Waals surface area contributed by atoms with E-state index in [-0.39, 0.29) is 12.2 Å². The van der Waals surface area contributed by atoms with E-state index in [1.54, 1.807) is 4.90 Å². The molecule has 0 radical (unpaired) electrons. The van der Waals surface area contributed by atoms with Crippen molar-refractivity contribution in [1.82, 2.24) is 10.2 Å². The summed E-state index contributed by atoms with van der Waals surface area (Å²) >= 11 is 2.05. The lowest BCUT2D eigenvalue weighted by molar-refractivity contribution is -0.0107. The van der Waals surface area contributed by atoms with Gasteiger partial charge < -0.3 is 19.7 Å². The Morgan fingerprint density at radius 3 is 2.52 bits per heavy atom. The molecule has 6 heteroatoms. The van der Waals surface area contributed by atoms with Crippen molar-refractivity contribution in [3.05, 3.63) is 0 Å². The molecule has 2 saturated heterocycles. The third-order valence-electron chi connectivity index (χ3n) is 4.33. The van der Waals surface area contributed by atoms with Crippen LogP contribution in [0.15, 0.2) is 0 Å². The number of rotatable bonds is 5. The van der Waals surface area contributed by atoms with Crippen molar-refractivity contribution in [2.75, 3.05) is 32.0 Å². The molecule has 2 aliphatic heterocycles. The maximum atomic E-state index is 12.0. The lowest BCUT2D eigenvalue weighted by Gasteiger charge is -2.33. The average Bonchev–Trinajstić information content (AvgIpc) is 2.88. The Kier molecular flexibility index (Phi) is 7.04. The fourth-order valence-corrected chi connectivity index (χ4v) is 4.23. The van der Waals surface area contributed by atoms with E-state index >= 15 is 0 Å². The normalized spacial score (nSPS) is 26.5. The lowest BCUT2D eigenvalue weighted by atomic mass is 10.1. The van der Waals surface area contributed by atoms with E-state index in [1.165, 1.54) is 12.2 Å². The van der Waals surface area contributed by atoms with Crippen molar-refractivity contribution >= 4 is 17.9 Å². The molecule has 0 aromatic heterocycles. The summed E-state index contributed by atoms with van der Waals surface area (Å²) in [5.41, 5.74) is -0.425. The van der Waals surface area contributed by atoms with Gasteiger partial charge in [0.1, 0.15) is 5.60 Å². The quantitative estimate of drug-likeness (QED) is 0.777. The molecule has 2 rings (SSSR count). The number of carbonyl (C=O) groups is 1. The Balaban J connectivity index is 1.57. The van der Waals surface area contributed by atoms with Gasteiger partial charge in [0.2, 0.25) is 0 Å². The number of thioether (sulfide) groups is 1. The second-order valence-electron chi connectivity index (χ2n) is 7.46. The molecule has 2 heterocycles. The molecular weight excluding hydrogens is 312 g/mol. The number of nitrogens with one attached hydrogen (secondary N) is 1. The van der Waals surface area contributed by atoms with Crippen molar-refractivity contribution in [3.8, 4) is 0 Å². The summed E-state index contributed by atoms with van der Waals surface area (Å²) in [6, 6.07) is 0.637. The first-order valence-electron chi connectivity index (χ1n) is 8.79. The van der Waals surface area contributed by atoms with Gasteiger partial charge in [-0.15, -0.1) is 0 Å². The zero-order chi connectivity index (χ0) is 16.9. The second-order valence-corrected chi connectivity index (χ2v) is 8.95. The molecule has 0 saturated carbocycles. The van der Waals surface area contributed by atoms with Gasteiger partial charge in [-0.2, -0.15) is 11.8 Å².